The van der Waals surface area contributed by atoms with E-state index in [1.165, 1.54) is 24.3 Å². The molecule has 1 aromatic carbocycles. The number of alkyl halides is 1. The van der Waals surface area contributed by atoms with Gasteiger partial charge >= 0.3 is 5.97 Å². The Morgan fingerprint density at radius 1 is 1.17 bits per heavy atom. The van der Waals surface area contributed by atoms with Crippen LogP contribution < -0.4 is 10.6 Å². The van der Waals surface area contributed by atoms with Gasteiger partial charge in [-0.2, -0.15) is 0 Å². The second kappa shape index (κ2) is 8.47. The number of carbonyl (C=O) groups excluding carboxylic acids is 2. The third-order valence-corrected chi connectivity index (χ3v) is 3.36. The predicted octanol–water partition coefficient (Wildman–Crippen LogP) is 1.63. The summed E-state index contributed by atoms with van der Waals surface area (Å²) in [6.07, 6.45) is 0. The van der Waals surface area contributed by atoms with E-state index in [2.05, 4.69) is 10.6 Å². The van der Waals surface area contributed by atoms with Crippen LogP contribution >= 0.6 is 11.6 Å². The van der Waals surface area contributed by atoms with Crippen molar-refractivity contribution in [1.82, 2.24) is 10.6 Å². The Labute approximate surface area is 138 Å². The third kappa shape index (κ3) is 5.52. The molecule has 23 heavy (non-hydrogen) atoms. The van der Waals surface area contributed by atoms with Crippen LogP contribution in [0.4, 0.5) is 4.39 Å². The number of hydrogen-bond donors (Lipinski definition) is 3. The normalized spacial score (nSPS) is 13.3. The minimum absolute atomic E-state index is 0.299. The van der Waals surface area contributed by atoms with Crippen LogP contribution in [0.5, 0.6) is 0 Å². The van der Waals surface area contributed by atoms with Crippen LogP contribution in [-0.4, -0.2) is 41.6 Å². The fourth-order valence-corrected chi connectivity index (χ4v) is 1.91. The van der Waals surface area contributed by atoms with Crippen LogP contribution in [0.15, 0.2) is 24.3 Å². The lowest BCUT2D eigenvalue weighted by Crippen LogP contribution is -2.54. The molecule has 3 N–H and O–H groups in total. The van der Waals surface area contributed by atoms with Crippen molar-refractivity contribution in [3.8, 4) is 0 Å². The fraction of sp³-hybridized carbons (Fsp3) is 0.400. The fourth-order valence-electron chi connectivity index (χ4n) is 1.79. The van der Waals surface area contributed by atoms with E-state index < -0.39 is 36.5 Å². The number of nitrogens with one attached hydrogen (secondary N) is 2. The Kier molecular flexibility index (Phi) is 6.96. The molecule has 6 nitrogen and oxygen atoms in total. The highest BCUT2D eigenvalue weighted by Crippen LogP contribution is 2.11. The number of carboxylic acids is 1. The summed E-state index contributed by atoms with van der Waals surface area (Å²) in [6, 6.07) is 3.42. The second-order valence-electron chi connectivity index (χ2n) is 5.26. The van der Waals surface area contributed by atoms with E-state index in [9.17, 15) is 18.8 Å². The lowest BCUT2D eigenvalue weighted by Gasteiger charge is -2.23. The van der Waals surface area contributed by atoms with Crippen molar-refractivity contribution < 1.29 is 23.9 Å². The van der Waals surface area contributed by atoms with Crippen molar-refractivity contribution in [3.63, 3.8) is 0 Å². The third-order valence-electron chi connectivity index (χ3n) is 3.11. The topological polar surface area (TPSA) is 95.5 Å². The van der Waals surface area contributed by atoms with Gasteiger partial charge in [-0.25, -0.2) is 9.18 Å². The van der Waals surface area contributed by atoms with Crippen LogP contribution in [0.25, 0.3) is 0 Å². The largest absolute Gasteiger partial charge is 0.480 e. The van der Waals surface area contributed by atoms with Crippen LogP contribution in [0.1, 0.15) is 24.2 Å². The van der Waals surface area contributed by atoms with Gasteiger partial charge in [-0.15, -0.1) is 0 Å². The Morgan fingerprint density at radius 3 is 2.17 bits per heavy atom. The van der Waals surface area contributed by atoms with Gasteiger partial charge in [0.2, 0.25) is 5.91 Å². The molecule has 1 rings (SSSR count). The van der Waals surface area contributed by atoms with E-state index in [1.807, 2.05) is 0 Å². The summed E-state index contributed by atoms with van der Waals surface area (Å²) >= 11 is 5.74. The lowest BCUT2D eigenvalue weighted by atomic mass is 10.0. The van der Waals surface area contributed by atoms with Crippen molar-refractivity contribution in [2.75, 3.05) is 6.67 Å². The van der Waals surface area contributed by atoms with Crippen LogP contribution in [0, 0.1) is 5.92 Å². The van der Waals surface area contributed by atoms with Gasteiger partial charge in [0.1, 0.15) is 12.7 Å². The van der Waals surface area contributed by atoms with Crippen LogP contribution in [0.2, 0.25) is 5.02 Å². The molecule has 126 valence electrons. The van der Waals surface area contributed by atoms with E-state index in [0.29, 0.717) is 10.6 Å². The molecule has 0 bridgehead atoms. The molecule has 0 heterocycles. The highest BCUT2D eigenvalue weighted by molar-refractivity contribution is 6.30. The number of hydrogen-bond acceptors (Lipinski definition) is 3. The highest BCUT2D eigenvalue weighted by Gasteiger charge is 2.28. The quantitative estimate of drug-likeness (QED) is 0.700. The van der Waals surface area contributed by atoms with Gasteiger partial charge in [0.05, 0.1) is 0 Å². The van der Waals surface area contributed by atoms with E-state index in [0.717, 1.165) is 0 Å². The summed E-state index contributed by atoms with van der Waals surface area (Å²) in [4.78, 5) is 35.0. The zero-order valence-electron chi connectivity index (χ0n) is 12.7. The molecule has 0 aliphatic rings. The first-order valence-corrected chi connectivity index (χ1v) is 7.29. The number of amides is 2. The first kappa shape index (κ1) is 18.9. The van der Waals surface area contributed by atoms with Crippen molar-refractivity contribution in [2.45, 2.75) is 25.9 Å². The molecule has 0 fully saturated rings. The molecule has 8 heteroatoms. The van der Waals surface area contributed by atoms with Crippen molar-refractivity contribution in [1.29, 1.82) is 0 Å². The molecule has 0 spiro atoms. The molecule has 0 saturated heterocycles. The smallest absolute Gasteiger partial charge is 0.328 e. The average Bonchev–Trinajstić information content (AvgIpc) is 2.49. The Balaban J connectivity index is 2.82. The summed E-state index contributed by atoms with van der Waals surface area (Å²) in [5, 5.41) is 13.8. The highest BCUT2D eigenvalue weighted by atomic mass is 35.5. The minimum atomic E-state index is -1.64. The summed E-state index contributed by atoms with van der Waals surface area (Å²) in [5.74, 6) is -3.07. The molecule has 2 atom stereocenters. The number of carboxylic acid groups (broad SMARTS) is 1. The second-order valence-corrected chi connectivity index (χ2v) is 5.69. The molecule has 0 radical (unpaired) electrons. The van der Waals surface area contributed by atoms with Gasteiger partial charge in [-0.1, -0.05) is 25.4 Å². The molecule has 0 aromatic heterocycles. The SMILES string of the molecule is CC(C)C(NC(=O)c1ccc(Cl)cc1)C(=O)NC(CF)C(=O)O. The molecular weight excluding hydrogens is 327 g/mol. The van der Waals surface area contributed by atoms with Gasteiger partial charge in [0.15, 0.2) is 6.04 Å². The van der Waals surface area contributed by atoms with Gasteiger partial charge in [-0.3, -0.25) is 9.59 Å². The van der Waals surface area contributed by atoms with E-state index in [1.54, 1.807) is 13.8 Å². The standard InChI is InChI=1S/C15H18ClFN2O4/c1-8(2)12(14(21)18-11(7-17)15(22)23)19-13(20)9-3-5-10(16)6-4-9/h3-6,8,11-12H,7H2,1-2H3,(H,18,21)(H,19,20)(H,22,23). The molecule has 1 aromatic rings. The Bertz CT molecular complexity index is 577. The number of carbonyl (C=O) groups is 3. The van der Waals surface area contributed by atoms with Crippen LogP contribution in [-0.2, 0) is 9.59 Å². The van der Waals surface area contributed by atoms with Crippen molar-refractivity contribution in [3.05, 3.63) is 34.9 Å². The minimum Gasteiger partial charge on any atom is -0.480 e. The van der Waals surface area contributed by atoms with Gasteiger partial charge in [0.25, 0.3) is 5.91 Å². The number of benzene rings is 1. The Hall–Kier alpha value is -2.15. The van der Waals surface area contributed by atoms with Gasteiger partial charge in [-0.05, 0) is 30.2 Å². The number of halogens is 2. The molecule has 0 saturated carbocycles. The summed E-state index contributed by atoms with van der Waals surface area (Å²) in [7, 11) is 0. The van der Waals surface area contributed by atoms with E-state index >= 15 is 0 Å². The monoisotopic (exact) mass is 344 g/mol. The molecular formula is C15H18ClFN2O4. The average molecular weight is 345 g/mol. The van der Waals surface area contributed by atoms with Crippen molar-refractivity contribution in [2.24, 2.45) is 5.92 Å². The molecule has 2 unspecified atom stereocenters. The summed E-state index contributed by atoms with van der Waals surface area (Å²) < 4.78 is 12.6. The number of aliphatic carboxylic acids is 1. The maximum absolute atomic E-state index is 12.6. The maximum atomic E-state index is 12.6. The molecule has 0 aliphatic carbocycles. The zero-order valence-corrected chi connectivity index (χ0v) is 13.4. The van der Waals surface area contributed by atoms with Gasteiger partial charge in [0, 0.05) is 10.6 Å². The summed E-state index contributed by atoms with van der Waals surface area (Å²) in [6.45, 7) is 2.12. The van der Waals surface area contributed by atoms with E-state index in [-0.39, 0.29) is 5.92 Å². The molecule has 0 aliphatic heterocycles. The molecule has 2 amide bonds. The lowest BCUT2D eigenvalue weighted by molar-refractivity contribution is -0.142. The van der Waals surface area contributed by atoms with Crippen LogP contribution in [0.3, 0.4) is 0 Å². The first-order valence-electron chi connectivity index (χ1n) is 6.91. The van der Waals surface area contributed by atoms with Crippen molar-refractivity contribution >= 4 is 29.4 Å². The van der Waals surface area contributed by atoms with E-state index in [4.69, 9.17) is 16.7 Å². The maximum Gasteiger partial charge on any atom is 0.328 e. The Morgan fingerprint density at radius 2 is 1.74 bits per heavy atom. The zero-order chi connectivity index (χ0) is 17.6. The predicted molar refractivity (Wildman–Crippen MR) is 83.1 cm³/mol. The van der Waals surface area contributed by atoms with Gasteiger partial charge < -0.3 is 15.7 Å². The first-order chi connectivity index (χ1) is 10.8. The summed E-state index contributed by atoms with van der Waals surface area (Å²) in [5.41, 5.74) is 0.299. The number of rotatable bonds is 7.